The van der Waals surface area contributed by atoms with Crippen LogP contribution in [0.5, 0.6) is 0 Å². The fourth-order valence-corrected chi connectivity index (χ4v) is 2.26. The summed E-state index contributed by atoms with van der Waals surface area (Å²) in [4.78, 5) is 0. The Kier molecular flexibility index (Phi) is 9.42. The van der Waals surface area contributed by atoms with Gasteiger partial charge in [0.1, 0.15) is 0 Å². The SMILES string of the molecule is CC.Cc1cccc(-c2ccccc2)c1.NCC1C=CC=CC1. The predicted octanol–water partition coefficient (Wildman–Crippen LogP) is 5.77. The first kappa shape index (κ1) is 18.9. The minimum absolute atomic E-state index is 0.597. The van der Waals surface area contributed by atoms with Crippen LogP contribution in [-0.4, -0.2) is 6.54 Å². The van der Waals surface area contributed by atoms with Gasteiger partial charge in [0, 0.05) is 0 Å². The predicted molar refractivity (Wildman–Crippen MR) is 103 cm³/mol. The Morgan fingerprint density at radius 3 is 2.13 bits per heavy atom. The lowest BCUT2D eigenvalue weighted by Gasteiger charge is -2.07. The monoisotopic (exact) mass is 307 g/mol. The van der Waals surface area contributed by atoms with Crippen LogP contribution in [0, 0.1) is 12.8 Å². The van der Waals surface area contributed by atoms with E-state index in [1.54, 1.807) is 0 Å². The maximum absolute atomic E-state index is 5.42. The van der Waals surface area contributed by atoms with Crippen molar-refractivity contribution in [3.63, 3.8) is 0 Å². The Balaban J connectivity index is 0.000000228. The van der Waals surface area contributed by atoms with Crippen LogP contribution in [0.2, 0.25) is 0 Å². The smallest absolute Gasteiger partial charge is 0.00111 e. The second kappa shape index (κ2) is 11.4. The van der Waals surface area contributed by atoms with Crippen LogP contribution in [0.4, 0.5) is 0 Å². The summed E-state index contributed by atoms with van der Waals surface area (Å²) in [5.41, 5.74) is 9.30. The van der Waals surface area contributed by atoms with E-state index in [2.05, 4.69) is 79.8 Å². The molecule has 1 aliphatic carbocycles. The average molecular weight is 307 g/mol. The Hall–Kier alpha value is -2.12. The van der Waals surface area contributed by atoms with Crippen LogP contribution < -0.4 is 5.73 Å². The molecule has 0 spiro atoms. The van der Waals surface area contributed by atoms with E-state index in [-0.39, 0.29) is 0 Å². The molecule has 3 rings (SSSR count). The lowest BCUT2D eigenvalue weighted by molar-refractivity contribution is 0.669. The van der Waals surface area contributed by atoms with E-state index in [4.69, 9.17) is 5.73 Å². The number of benzene rings is 2. The number of allylic oxidation sites excluding steroid dienone is 3. The van der Waals surface area contributed by atoms with Gasteiger partial charge in [-0.05, 0) is 36.9 Å². The second-order valence-corrected chi connectivity index (χ2v) is 5.28. The van der Waals surface area contributed by atoms with Crippen molar-refractivity contribution < 1.29 is 0 Å². The molecular weight excluding hydrogens is 278 g/mol. The van der Waals surface area contributed by atoms with Crippen molar-refractivity contribution in [2.45, 2.75) is 27.2 Å². The van der Waals surface area contributed by atoms with E-state index in [9.17, 15) is 0 Å². The van der Waals surface area contributed by atoms with Crippen molar-refractivity contribution in [1.29, 1.82) is 0 Å². The van der Waals surface area contributed by atoms with Crippen LogP contribution >= 0.6 is 0 Å². The third-order valence-electron chi connectivity index (χ3n) is 3.50. The molecule has 1 heteroatoms. The summed E-state index contributed by atoms with van der Waals surface area (Å²) in [6, 6.07) is 19.0. The van der Waals surface area contributed by atoms with Crippen molar-refractivity contribution in [3.8, 4) is 11.1 Å². The Bertz CT molecular complexity index is 596. The first-order chi connectivity index (χ1) is 11.3. The highest BCUT2D eigenvalue weighted by Crippen LogP contribution is 2.19. The molecule has 122 valence electrons. The number of nitrogens with two attached hydrogens (primary N) is 1. The van der Waals surface area contributed by atoms with Gasteiger partial charge in [-0.2, -0.15) is 0 Å². The van der Waals surface area contributed by atoms with Crippen molar-refractivity contribution in [2.24, 2.45) is 11.7 Å². The van der Waals surface area contributed by atoms with Gasteiger partial charge in [-0.3, -0.25) is 0 Å². The van der Waals surface area contributed by atoms with E-state index in [1.807, 2.05) is 19.9 Å². The Morgan fingerprint density at radius 1 is 0.913 bits per heavy atom. The molecule has 0 bridgehead atoms. The standard InChI is InChI=1S/C13H12.C7H11N.C2H6/c1-11-6-5-9-13(10-11)12-7-3-2-4-8-12;8-6-7-4-2-1-3-5-7;1-2/h2-10H,1H3;1-4,7H,5-6,8H2;1-2H3. The number of rotatable bonds is 2. The van der Waals surface area contributed by atoms with Crippen molar-refractivity contribution in [2.75, 3.05) is 6.54 Å². The van der Waals surface area contributed by atoms with E-state index in [1.165, 1.54) is 16.7 Å². The first-order valence-corrected chi connectivity index (χ1v) is 8.45. The molecule has 23 heavy (non-hydrogen) atoms. The molecule has 1 nitrogen and oxygen atoms in total. The van der Waals surface area contributed by atoms with Crippen LogP contribution in [0.25, 0.3) is 11.1 Å². The van der Waals surface area contributed by atoms with Gasteiger partial charge in [-0.15, -0.1) is 0 Å². The molecule has 0 aromatic heterocycles. The Morgan fingerprint density at radius 2 is 1.61 bits per heavy atom. The Labute approximate surface area is 141 Å². The molecule has 1 aliphatic rings. The molecule has 0 saturated heterocycles. The molecular formula is C22H29N. The topological polar surface area (TPSA) is 26.0 Å². The highest BCUT2D eigenvalue weighted by atomic mass is 14.5. The normalized spacial score (nSPS) is 15.0. The molecule has 2 aromatic rings. The van der Waals surface area contributed by atoms with Gasteiger partial charge in [0.25, 0.3) is 0 Å². The van der Waals surface area contributed by atoms with E-state index in [0.29, 0.717) is 5.92 Å². The maximum atomic E-state index is 5.42. The zero-order valence-electron chi connectivity index (χ0n) is 14.6. The molecule has 0 amide bonds. The third-order valence-corrected chi connectivity index (χ3v) is 3.50. The fourth-order valence-electron chi connectivity index (χ4n) is 2.26. The lowest BCUT2D eigenvalue weighted by atomic mass is 10.0. The lowest BCUT2D eigenvalue weighted by Crippen LogP contribution is -2.11. The van der Waals surface area contributed by atoms with Gasteiger partial charge in [-0.1, -0.05) is 98.3 Å². The van der Waals surface area contributed by atoms with E-state index < -0.39 is 0 Å². The summed E-state index contributed by atoms with van der Waals surface area (Å²) in [6.45, 7) is 6.90. The highest BCUT2D eigenvalue weighted by Gasteiger charge is 1.99. The average Bonchev–Trinajstić information content (AvgIpc) is 2.65. The largest absolute Gasteiger partial charge is 0.330 e. The van der Waals surface area contributed by atoms with E-state index >= 15 is 0 Å². The summed E-state index contributed by atoms with van der Waals surface area (Å²) in [7, 11) is 0. The van der Waals surface area contributed by atoms with Gasteiger partial charge in [0.15, 0.2) is 0 Å². The van der Waals surface area contributed by atoms with Gasteiger partial charge < -0.3 is 5.73 Å². The molecule has 1 atom stereocenters. The summed E-state index contributed by atoms with van der Waals surface area (Å²) < 4.78 is 0. The first-order valence-electron chi connectivity index (χ1n) is 8.45. The number of hydrogen-bond donors (Lipinski definition) is 1. The summed E-state index contributed by atoms with van der Waals surface area (Å²) >= 11 is 0. The molecule has 0 radical (unpaired) electrons. The van der Waals surface area contributed by atoms with Crippen molar-refractivity contribution in [3.05, 3.63) is 84.5 Å². The quantitative estimate of drug-likeness (QED) is 0.749. The molecule has 0 aliphatic heterocycles. The second-order valence-electron chi connectivity index (χ2n) is 5.28. The minimum Gasteiger partial charge on any atom is -0.330 e. The van der Waals surface area contributed by atoms with Crippen LogP contribution in [0.3, 0.4) is 0 Å². The van der Waals surface area contributed by atoms with Gasteiger partial charge in [0.05, 0.1) is 0 Å². The molecule has 2 N–H and O–H groups in total. The number of aryl methyl sites for hydroxylation is 1. The molecule has 0 saturated carbocycles. The maximum Gasteiger partial charge on any atom is -0.00111 e. The zero-order chi connectivity index (χ0) is 16.9. The van der Waals surface area contributed by atoms with Crippen LogP contribution in [0.1, 0.15) is 25.8 Å². The molecule has 0 heterocycles. The zero-order valence-corrected chi connectivity index (χ0v) is 14.6. The summed E-state index contributed by atoms with van der Waals surface area (Å²) in [6.07, 6.45) is 9.54. The van der Waals surface area contributed by atoms with Crippen molar-refractivity contribution >= 4 is 0 Å². The van der Waals surface area contributed by atoms with Gasteiger partial charge >= 0.3 is 0 Å². The summed E-state index contributed by atoms with van der Waals surface area (Å²) in [5.74, 6) is 0.597. The van der Waals surface area contributed by atoms with Crippen LogP contribution in [0.15, 0.2) is 78.9 Å². The molecule has 1 unspecified atom stereocenters. The van der Waals surface area contributed by atoms with E-state index in [0.717, 1.165) is 13.0 Å². The molecule has 2 aromatic carbocycles. The van der Waals surface area contributed by atoms with Crippen LogP contribution in [-0.2, 0) is 0 Å². The van der Waals surface area contributed by atoms with Gasteiger partial charge in [0.2, 0.25) is 0 Å². The number of hydrogen-bond acceptors (Lipinski definition) is 1. The van der Waals surface area contributed by atoms with Crippen molar-refractivity contribution in [1.82, 2.24) is 0 Å². The molecule has 0 fully saturated rings. The summed E-state index contributed by atoms with van der Waals surface area (Å²) in [5, 5.41) is 0. The van der Waals surface area contributed by atoms with Gasteiger partial charge in [-0.25, -0.2) is 0 Å². The third kappa shape index (κ3) is 7.12. The highest BCUT2D eigenvalue weighted by molar-refractivity contribution is 5.63. The minimum atomic E-state index is 0.597. The fraction of sp³-hybridized carbons (Fsp3) is 0.273.